The van der Waals surface area contributed by atoms with Gasteiger partial charge < -0.3 is 25.6 Å². The first-order valence-electron chi connectivity index (χ1n) is 10.3. The third kappa shape index (κ3) is 5.08. The maximum Gasteiger partial charge on any atom is 0.255 e. The molecule has 9 nitrogen and oxygen atoms in total. The van der Waals surface area contributed by atoms with E-state index in [-0.39, 0.29) is 42.9 Å². The minimum atomic E-state index is -1.02. The van der Waals surface area contributed by atoms with Crippen molar-refractivity contribution < 1.29 is 23.9 Å². The van der Waals surface area contributed by atoms with E-state index in [0.29, 0.717) is 18.8 Å². The van der Waals surface area contributed by atoms with Crippen LogP contribution in [0.5, 0.6) is 5.75 Å². The van der Waals surface area contributed by atoms with E-state index in [1.54, 1.807) is 29.2 Å². The first kappa shape index (κ1) is 21.6. The Bertz CT molecular complexity index is 821. The molecule has 2 heterocycles. The third-order valence-electron chi connectivity index (χ3n) is 5.22. The van der Waals surface area contributed by atoms with E-state index in [0.717, 1.165) is 6.42 Å². The lowest BCUT2D eigenvalue weighted by Gasteiger charge is -2.34. The Morgan fingerprint density at radius 3 is 2.53 bits per heavy atom. The molecule has 30 heavy (non-hydrogen) atoms. The lowest BCUT2D eigenvalue weighted by atomic mass is 10.0. The molecule has 3 rings (SSSR count). The Kier molecular flexibility index (Phi) is 6.91. The number of carbonyl (C=O) groups is 4. The highest BCUT2D eigenvalue weighted by atomic mass is 16.5. The van der Waals surface area contributed by atoms with Gasteiger partial charge in [0.15, 0.2) is 0 Å². The van der Waals surface area contributed by atoms with Crippen LogP contribution in [0.3, 0.4) is 0 Å². The molecule has 3 N–H and O–H groups in total. The molecule has 162 valence electrons. The van der Waals surface area contributed by atoms with E-state index in [2.05, 4.69) is 16.0 Å². The Labute approximate surface area is 175 Å². The second kappa shape index (κ2) is 9.60. The van der Waals surface area contributed by atoms with Crippen LogP contribution in [0.2, 0.25) is 0 Å². The van der Waals surface area contributed by atoms with Crippen molar-refractivity contribution in [1.29, 1.82) is 0 Å². The van der Waals surface area contributed by atoms with Crippen molar-refractivity contribution in [3.63, 3.8) is 0 Å². The maximum absolute atomic E-state index is 12.9. The van der Waals surface area contributed by atoms with Gasteiger partial charge in [-0.3, -0.25) is 19.2 Å². The summed E-state index contributed by atoms with van der Waals surface area (Å²) in [5, 5.41) is 8.14. The van der Waals surface area contributed by atoms with E-state index < -0.39 is 23.9 Å². The van der Waals surface area contributed by atoms with Crippen LogP contribution in [0.25, 0.3) is 0 Å². The molecule has 0 spiro atoms. The zero-order valence-corrected chi connectivity index (χ0v) is 17.3. The van der Waals surface area contributed by atoms with Crippen LogP contribution in [-0.2, 0) is 14.4 Å². The SMILES string of the molecule is CC(C)[C@H]1NC(=O)C[C@@H](C(=O)N2CCC2)NC(=O)c2ccccc2OCCNC1=O. The van der Waals surface area contributed by atoms with Gasteiger partial charge in [0.05, 0.1) is 18.5 Å². The van der Waals surface area contributed by atoms with Crippen LogP contribution in [0, 0.1) is 5.92 Å². The highest BCUT2D eigenvalue weighted by Crippen LogP contribution is 2.19. The van der Waals surface area contributed by atoms with Gasteiger partial charge in [-0.1, -0.05) is 26.0 Å². The van der Waals surface area contributed by atoms with E-state index in [4.69, 9.17) is 4.74 Å². The number of fused-ring (bicyclic) bond motifs is 1. The number of para-hydroxylation sites is 1. The lowest BCUT2D eigenvalue weighted by Crippen LogP contribution is -2.56. The molecule has 4 amide bonds. The molecule has 0 unspecified atom stereocenters. The van der Waals surface area contributed by atoms with Gasteiger partial charge in [0, 0.05) is 13.1 Å². The van der Waals surface area contributed by atoms with Crippen LogP contribution in [0.15, 0.2) is 24.3 Å². The molecule has 2 aliphatic heterocycles. The summed E-state index contributed by atoms with van der Waals surface area (Å²) in [6.45, 7) is 5.23. The number of nitrogens with zero attached hydrogens (tertiary/aromatic N) is 1. The van der Waals surface area contributed by atoms with Crippen molar-refractivity contribution in [2.45, 2.75) is 38.8 Å². The summed E-state index contributed by atoms with van der Waals surface area (Å²) in [4.78, 5) is 52.5. The number of hydrogen-bond donors (Lipinski definition) is 3. The van der Waals surface area contributed by atoms with E-state index in [9.17, 15) is 19.2 Å². The maximum atomic E-state index is 12.9. The van der Waals surface area contributed by atoms with Crippen molar-refractivity contribution in [1.82, 2.24) is 20.9 Å². The summed E-state index contributed by atoms with van der Waals surface area (Å²) >= 11 is 0. The fourth-order valence-electron chi connectivity index (χ4n) is 3.37. The van der Waals surface area contributed by atoms with E-state index in [1.165, 1.54) is 0 Å². The molecule has 0 radical (unpaired) electrons. The first-order chi connectivity index (χ1) is 14.4. The van der Waals surface area contributed by atoms with Crippen LogP contribution in [0.1, 0.15) is 37.0 Å². The van der Waals surface area contributed by atoms with Gasteiger partial charge >= 0.3 is 0 Å². The van der Waals surface area contributed by atoms with Crippen molar-refractivity contribution in [3.8, 4) is 5.75 Å². The standard InChI is InChI=1S/C21H28N4O5/c1-13(2)18-20(28)22-8-11-30-16-7-4-3-6-14(16)19(27)23-15(12-17(26)24-18)21(29)25-9-5-10-25/h3-4,6-7,13,15,18H,5,8-12H2,1-2H3,(H,22,28)(H,23,27)(H,24,26)/t15-,18+/m0/s1. The number of carbonyl (C=O) groups excluding carboxylic acids is 4. The van der Waals surface area contributed by atoms with Crippen molar-refractivity contribution in [2.24, 2.45) is 5.92 Å². The third-order valence-corrected chi connectivity index (χ3v) is 5.22. The summed E-state index contributed by atoms with van der Waals surface area (Å²) < 4.78 is 5.69. The Morgan fingerprint density at radius 2 is 1.87 bits per heavy atom. The van der Waals surface area contributed by atoms with Gasteiger partial charge in [-0.05, 0) is 24.5 Å². The molecule has 1 fully saturated rings. The average molecular weight is 416 g/mol. The van der Waals surface area contributed by atoms with Gasteiger partial charge in [-0.15, -0.1) is 0 Å². The summed E-state index contributed by atoms with van der Waals surface area (Å²) in [6.07, 6.45) is 0.644. The van der Waals surface area contributed by atoms with Crippen molar-refractivity contribution in [3.05, 3.63) is 29.8 Å². The lowest BCUT2D eigenvalue weighted by molar-refractivity contribution is -0.139. The fourth-order valence-corrected chi connectivity index (χ4v) is 3.37. The quantitative estimate of drug-likeness (QED) is 0.630. The molecular formula is C21H28N4O5. The smallest absolute Gasteiger partial charge is 0.255 e. The van der Waals surface area contributed by atoms with Gasteiger partial charge in [0.25, 0.3) is 5.91 Å². The molecule has 0 aromatic heterocycles. The van der Waals surface area contributed by atoms with Gasteiger partial charge in [0.2, 0.25) is 17.7 Å². The number of rotatable bonds is 2. The molecule has 0 aliphatic carbocycles. The zero-order valence-electron chi connectivity index (χ0n) is 17.3. The largest absolute Gasteiger partial charge is 0.491 e. The predicted molar refractivity (Wildman–Crippen MR) is 109 cm³/mol. The van der Waals surface area contributed by atoms with Gasteiger partial charge in [-0.2, -0.15) is 0 Å². The predicted octanol–water partition coefficient (Wildman–Crippen LogP) is 0.0568. The molecule has 0 bridgehead atoms. The Balaban J connectivity index is 1.88. The molecule has 9 heteroatoms. The summed E-state index contributed by atoms with van der Waals surface area (Å²) in [6, 6.07) is 4.90. The van der Waals surface area contributed by atoms with Crippen LogP contribution < -0.4 is 20.7 Å². The first-order valence-corrected chi connectivity index (χ1v) is 10.3. The van der Waals surface area contributed by atoms with Crippen molar-refractivity contribution >= 4 is 23.6 Å². The number of hydrogen-bond acceptors (Lipinski definition) is 5. The van der Waals surface area contributed by atoms with Crippen LogP contribution >= 0.6 is 0 Å². The Hall–Kier alpha value is -3.10. The second-order valence-corrected chi connectivity index (χ2v) is 7.83. The average Bonchev–Trinajstić information content (AvgIpc) is 2.66. The number of likely N-dealkylation sites (tertiary alicyclic amines) is 1. The topological polar surface area (TPSA) is 117 Å². The number of benzene rings is 1. The highest BCUT2D eigenvalue weighted by molar-refractivity contribution is 6.01. The Morgan fingerprint density at radius 1 is 1.13 bits per heavy atom. The summed E-state index contributed by atoms with van der Waals surface area (Å²) in [7, 11) is 0. The second-order valence-electron chi connectivity index (χ2n) is 7.83. The number of nitrogens with one attached hydrogen (secondary N) is 3. The minimum absolute atomic E-state index is 0.150. The number of amides is 4. The van der Waals surface area contributed by atoms with E-state index in [1.807, 2.05) is 13.8 Å². The molecular weight excluding hydrogens is 388 g/mol. The van der Waals surface area contributed by atoms with E-state index >= 15 is 0 Å². The molecule has 1 saturated heterocycles. The van der Waals surface area contributed by atoms with Crippen LogP contribution in [-0.4, -0.2) is 66.9 Å². The summed E-state index contributed by atoms with van der Waals surface area (Å²) in [5.41, 5.74) is 0.266. The molecule has 2 atom stereocenters. The molecule has 2 aliphatic rings. The number of ether oxygens (including phenoxy) is 1. The van der Waals surface area contributed by atoms with Gasteiger partial charge in [0.1, 0.15) is 24.4 Å². The normalized spacial score (nSPS) is 23.2. The summed E-state index contributed by atoms with van der Waals surface area (Å²) in [5.74, 6) is -1.38. The molecule has 1 aromatic rings. The van der Waals surface area contributed by atoms with Crippen LogP contribution in [0.4, 0.5) is 0 Å². The molecule has 1 aromatic carbocycles. The minimum Gasteiger partial charge on any atom is -0.491 e. The van der Waals surface area contributed by atoms with Gasteiger partial charge in [-0.25, -0.2) is 0 Å². The zero-order chi connectivity index (χ0) is 21.7. The highest BCUT2D eigenvalue weighted by Gasteiger charge is 2.33. The van der Waals surface area contributed by atoms with Crippen molar-refractivity contribution in [2.75, 3.05) is 26.2 Å². The molecule has 0 saturated carbocycles. The fraction of sp³-hybridized carbons (Fsp3) is 0.524. The monoisotopic (exact) mass is 416 g/mol.